The Balaban J connectivity index is 2.09. The second-order valence-corrected chi connectivity index (χ2v) is 10.2. The molecule has 2 amide bonds. The van der Waals surface area contributed by atoms with Crippen LogP contribution in [-0.4, -0.2) is 58.0 Å². The topological polar surface area (TPSA) is 93.5 Å². The summed E-state index contributed by atoms with van der Waals surface area (Å²) in [6, 6.07) is 3.32. The van der Waals surface area contributed by atoms with Gasteiger partial charge >= 0.3 is 0 Å². The van der Waals surface area contributed by atoms with Crippen molar-refractivity contribution in [2.24, 2.45) is 0 Å². The number of ether oxygens (including phenoxy) is 1. The monoisotopic (exact) mass is 498 g/mol. The molecule has 8 nitrogen and oxygen atoms in total. The van der Waals surface area contributed by atoms with Gasteiger partial charge < -0.3 is 15.0 Å². The van der Waals surface area contributed by atoms with Crippen LogP contribution in [0.4, 0.5) is 0 Å². The lowest BCUT2D eigenvalue weighted by Crippen LogP contribution is -2.48. The summed E-state index contributed by atoms with van der Waals surface area (Å²) in [4.78, 5) is 40.2. The van der Waals surface area contributed by atoms with E-state index in [4.69, 9.17) is 4.74 Å². The molecule has 0 spiro atoms. The first kappa shape index (κ1) is 27.7. The number of likely N-dealkylation sites (N-methyl/N-ethyl adjacent to an activating group) is 1. The zero-order valence-corrected chi connectivity index (χ0v) is 22.6. The van der Waals surface area contributed by atoms with Crippen molar-refractivity contribution in [3.05, 3.63) is 23.4 Å². The van der Waals surface area contributed by atoms with Gasteiger partial charge in [0.05, 0.1) is 11.6 Å². The standard InChI is InChI=1S/C28H42N4O4/c1-19(2)36-23-16-22-14-12-10-8-6-7-9-11-13-15-31(20(3)28(35)29-5)25(34)18-32-27(22)24(17-23)26(30-32)21(4)33/h16-17,19-20H,6-15,18H2,1-5H3,(H,29,35)/t20-/m0/s1. The van der Waals surface area contributed by atoms with E-state index < -0.39 is 6.04 Å². The number of amides is 2. The van der Waals surface area contributed by atoms with Crippen molar-refractivity contribution in [2.75, 3.05) is 13.6 Å². The molecule has 0 unspecified atom stereocenters. The predicted octanol–water partition coefficient (Wildman–Crippen LogP) is 4.67. The van der Waals surface area contributed by atoms with E-state index in [-0.39, 0.29) is 30.2 Å². The van der Waals surface area contributed by atoms with E-state index in [0.717, 1.165) is 55.0 Å². The third-order valence-corrected chi connectivity index (χ3v) is 6.90. The fourth-order valence-corrected chi connectivity index (χ4v) is 5.04. The molecule has 0 aliphatic carbocycles. The number of hydrogen-bond acceptors (Lipinski definition) is 5. The van der Waals surface area contributed by atoms with Crippen LogP contribution in [0.1, 0.15) is 95.1 Å². The summed E-state index contributed by atoms with van der Waals surface area (Å²) in [5, 5.41) is 8.00. The molecule has 3 rings (SSSR count). The van der Waals surface area contributed by atoms with E-state index in [1.54, 1.807) is 23.6 Å². The quantitative estimate of drug-likeness (QED) is 0.605. The van der Waals surface area contributed by atoms with Crippen molar-refractivity contribution in [1.29, 1.82) is 0 Å². The van der Waals surface area contributed by atoms with E-state index in [9.17, 15) is 14.4 Å². The second kappa shape index (κ2) is 12.9. The maximum atomic E-state index is 13.6. The first-order chi connectivity index (χ1) is 17.2. The third-order valence-electron chi connectivity index (χ3n) is 6.90. The molecular weight excluding hydrogens is 456 g/mol. The summed E-state index contributed by atoms with van der Waals surface area (Å²) in [6.07, 6.45) is 9.59. The van der Waals surface area contributed by atoms with Crippen LogP contribution < -0.4 is 10.1 Å². The predicted molar refractivity (Wildman–Crippen MR) is 141 cm³/mol. The van der Waals surface area contributed by atoms with Crippen molar-refractivity contribution in [3.63, 3.8) is 0 Å². The molecule has 1 atom stereocenters. The number of rotatable bonds is 5. The number of carbonyl (C=O) groups excluding carboxylic acids is 3. The van der Waals surface area contributed by atoms with E-state index >= 15 is 0 Å². The Morgan fingerprint density at radius 2 is 1.64 bits per heavy atom. The van der Waals surface area contributed by atoms with Crippen molar-refractivity contribution in [1.82, 2.24) is 20.0 Å². The van der Waals surface area contributed by atoms with Gasteiger partial charge in [0.15, 0.2) is 5.78 Å². The van der Waals surface area contributed by atoms with Gasteiger partial charge in [-0.05, 0) is 57.7 Å². The van der Waals surface area contributed by atoms with Crippen LogP contribution in [0, 0.1) is 0 Å². The summed E-state index contributed by atoms with van der Waals surface area (Å²) in [5.41, 5.74) is 2.19. The Morgan fingerprint density at radius 3 is 2.25 bits per heavy atom. The molecule has 0 fully saturated rings. The highest BCUT2D eigenvalue weighted by molar-refractivity contribution is 6.06. The molecule has 0 bridgehead atoms. The Labute approximate surface area is 214 Å². The SMILES string of the molecule is CNC(=O)[C@H](C)N1CCCCCCCCCCc2cc(OC(C)C)cc3c(C(C)=O)nn(c23)CC1=O. The van der Waals surface area contributed by atoms with Gasteiger partial charge in [-0.1, -0.05) is 38.5 Å². The van der Waals surface area contributed by atoms with Crippen molar-refractivity contribution >= 4 is 28.5 Å². The van der Waals surface area contributed by atoms with Crippen LogP contribution in [0.3, 0.4) is 0 Å². The van der Waals surface area contributed by atoms with E-state index in [0.29, 0.717) is 18.0 Å². The third kappa shape index (κ3) is 6.86. The molecule has 1 aliphatic rings. The summed E-state index contributed by atoms with van der Waals surface area (Å²) in [7, 11) is 1.59. The van der Waals surface area contributed by atoms with Crippen LogP contribution in [0.5, 0.6) is 5.75 Å². The Morgan fingerprint density at radius 1 is 1.00 bits per heavy atom. The summed E-state index contributed by atoms with van der Waals surface area (Å²) >= 11 is 0. The maximum Gasteiger partial charge on any atom is 0.245 e. The summed E-state index contributed by atoms with van der Waals surface area (Å²) < 4.78 is 7.68. The molecule has 0 saturated heterocycles. The van der Waals surface area contributed by atoms with Crippen LogP contribution in [0.2, 0.25) is 0 Å². The van der Waals surface area contributed by atoms with Gasteiger partial charge in [0.1, 0.15) is 24.0 Å². The van der Waals surface area contributed by atoms with Gasteiger partial charge in [-0.25, -0.2) is 0 Å². The number of benzene rings is 1. The number of carbonyl (C=O) groups is 3. The lowest BCUT2D eigenvalue weighted by atomic mass is 10.0. The van der Waals surface area contributed by atoms with Gasteiger partial charge in [-0.15, -0.1) is 0 Å². The minimum atomic E-state index is -0.582. The highest BCUT2D eigenvalue weighted by atomic mass is 16.5. The number of aromatic nitrogens is 2. The molecule has 36 heavy (non-hydrogen) atoms. The molecule has 1 aromatic carbocycles. The normalized spacial score (nSPS) is 17.3. The molecule has 2 heterocycles. The number of ketones is 1. The molecule has 0 saturated carbocycles. The van der Waals surface area contributed by atoms with Crippen molar-refractivity contribution in [3.8, 4) is 5.75 Å². The molecule has 0 radical (unpaired) electrons. The smallest absolute Gasteiger partial charge is 0.245 e. The number of nitrogens with one attached hydrogen (secondary N) is 1. The van der Waals surface area contributed by atoms with E-state index in [1.165, 1.54) is 26.2 Å². The molecule has 2 aromatic rings. The fourth-order valence-electron chi connectivity index (χ4n) is 5.04. The largest absolute Gasteiger partial charge is 0.491 e. The number of hydrogen-bond donors (Lipinski definition) is 1. The van der Waals surface area contributed by atoms with E-state index in [2.05, 4.69) is 10.4 Å². The van der Waals surface area contributed by atoms with Crippen LogP contribution in [-0.2, 0) is 22.6 Å². The second-order valence-electron chi connectivity index (χ2n) is 10.2. The minimum Gasteiger partial charge on any atom is -0.491 e. The molecule has 8 heteroatoms. The summed E-state index contributed by atoms with van der Waals surface area (Å²) in [6.45, 7) is 7.71. The first-order valence-electron chi connectivity index (χ1n) is 13.4. The Kier molecular flexibility index (Phi) is 9.90. The maximum absolute atomic E-state index is 13.6. The van der Waals surface area contributed by atoms with Gasteiger partial charge in [0.25, 0.3) is 0 Å². The Bertz CT molecular complexity index is 1080. The lowest BCUT2D eigenvalue weighted by molar-refractivity contribution is -0.140. The van der Waals surface area contributed by atoms with Gasteiger partial charge in [0, 0.05) is 25.9 Å². The molecular formula is C28H42N4O4. The lowest BCUT2D eigenvalue weighted by Gasteiger charge is -2.28. The van der Waals surface area contributed by atoms with Crippen molar-refractivity contribution in [2.45, 2.75) is 104 Å². The van der Waals surface area contributed by atoms with Crippen LogP contribution in [0.25, 0.3) is 10.9 Å². The van der Waals surface area contributed by atoms with Crippen LogP contribution in [0.15, 0.2) is 12.1 Å². The molecule has 1 N–H and O–H groups in total. The van der Waals surface area contributed by atoms with Crippen molar-refractivity contribution < 1.29 is 19.1 Å². The van der Waals surface area contributed by atoms with Gasteiger partial charge in [0.2, 0.25) is 11.8 Å². The number of aryl methyl sites for hydroxylation is 1. The first-order valence-corrected chi connectivity index (χ1v) is 13.4. The number of Topliss-reactive ketones (excluding diaryl/α,β-unsaturated/α-hetero) is 1. The molecule has 198 valence electrons. The zero-order valence-electron chi connectivity index (χ0n) is 22.6. The van der Waals surface area contributed by atoms with E-state index in [1.807, 2.05) is 26.0 Å². The highest BCUT2D eigenvalue weighted by Gasteiger charge is 2.27. The zero-order chi connectivity index (χ0) is 26.2. The van der Waals surface area contributed by atoms with Gasteiger partial charge in [-0.3, -0.25) is 19.1 Å². The average molecular weight is 499 g/mol. The molecule has 1 aromatic heterocycles. The number of nitrogens with zero attached hydrogens (tertiary/aromatic N) is 3. The molecule has 1 aliphatic heterocycles. The van der Waals surface area contributed by atoms with Crippen LogP contribution >= 0.6 is 0 Å². The highest BCUT2D eigenvalue weighted by Crippen LogP contribution is 2.31. The minimum absolute atomic E-state index is 0.00185. The fraction of sp³-hybridized carbons (Fsp3) is 0.643. The summed E-state index contributed by atoms with van der Waals surface area (Å²) in [5.74, 6) is 0.195. The average Bonchev–Trinajstić information content (AvgIpc) is 3.18. The van der Waals surface area contributed by atoms with Gasteiger partial charge in [-0.2, -0.15) is 5.10 Å². The Hall–Kier alpha value is -2.90.